The lowest BCUT2D eigenvalue weighted by Gasteiger charge is -2.14. The molecule has 0 bridgehead atoms. The molecule has 0 amide bonds. The molecule has 1 saturated heterocycles. The van der Waals surface area contributed by atoms with Gasteiger partial charge in [-0.05, 0) is 0 Å². The maximum Gasteiger partial charge on any atom is 0.329 e. The number of anilines is 1. The van der Waals surface area contributed by atoms with Gasteiger partial charge >= 0.3 is 11.8 Å². The van der Waals surface area contributed by atoms with Crippen molar-refractivity contribution in [3.8, 4) is 0 Å². The molecule has 84 valence electrons. The molecule has 2 heterocycles. The van der Waals surface area contributed by atoms with Gasteiger partial charge < -0.3 is 4.90 Å². The number of nitrogens with zero attached hydrogens (tertiary/aromatic N) is 2. The second-order valence-corrected chi connectivity index (χ2v) is 4.44. The lowest BCUT2D eigenvalue weighted by atomic mass is 10.2. The minimum absolute atomic E-state index is 0.0943. The van der Waals surface area contributed by atoms with Crippen LogP contribution in [0.15, 0.2) is 5.38 Å². The lowest BCUT2D eigenvalue weighted by molar-refractivity contribution is -0.172. The molecule has 1 fully saturated rings. The Labute approximate surface area is 91.5 Å². The van der Waals surface area contributed by atoms with E-state index >= 15 is 0 Å². The third-order valence-corrected chi connectivity index (χ3v) is 3.27. The number of rotatable bonds is 1. The summed E-state index contributed by atoms with van der Waals surface area (Å²) in [6, 6.07) is 0. The van der Waals surface area contributed by atoms with Crippen LogP contribution in [-0.4, -0.2) is 29.9 Å². The van der Waals surface area contributed by atoms with Gasteiger partial charge in [0.1, 0.15) is 5.15 Å². The number of hydrogen-bond donors (Lipinski definition) is 0. The predicted molar refractivity (Wildman–Crippen MR) is 49.2 cm³/mol. The first-order chi connectivity index (χ1) is 6.82. The highest BCUT2D eigenvalue weighted by atomic mass is 35.5. The zero-order valence-corrected chi connectivity index (χ0v) is 8.76. The van der Waals surface area contributed by atoms with Crippen LogP contribution < -0.4 is 4.90 Å². The number of aromatic nitrogens is 1. The van der Waals surface area contributed by atoms with E-state index in [4.69, 9.17) is 11.6 Å². The van der Waals surface area contributed by atoms with Crippen molar-refractivity contribution in [1.82, 2.24) is 4.98 Å². The summed E-state index contributed by atoms with van der Waals surface area (Å²) in [5.41, 5.74) is 0. The smallest absolute Gasteiger partial charge is 0.329 e. The molecule has 0 unspecified atom stereocenters. The van der Waals surface area contributed by atoms with Gasteiger partial charge in [0.25, 0.3) is 0 Å². The minimum atomic E-state index is -4.01. The van der Waals surface area contributed by atoms with Crippen LogP contribution in [0.5, 0.6) is 0 Å². The van der Waals surface area contributed by atoms with Crippen LogP contribution >= 0.6 is 22.9 Å². The summed E-state index contributed by atoms with van der Waals surface area (Å²) in [4.78, 5) is 4.51. The molecule has 8 heteroatoms. The van der Waals surface area contributed by atoms with Crippen LogP contribution in [0.2, 0.25) is 5.15 Å². The topological polar surface area (TPSA) is 16.1 Å². The van der Waals surface area contributed by atoms with E-state index in [0.29, 0.717) is 0 Å². The Morgan fingerprint density at radius 3 is 2.20 bits per heavy atom. The zero-order valence-electron chi connectivity index (χ0n) is 7.18. The largest absolute Gasteiger partial charge is 0.335 e. The molecule has 2 nitrogen and oxygen atoms in total. The van der Waals surface area contributed by atoms with Gasteiger partial charge in [-0.1, -0.05) is 11.6 Å². The highest BCUT2D eigenvalue weighted by molar-refractivity contribution is 7.14. The van der Waals surface area contributed by atoms with Crippen molar-refractivity contribution >= 4 is 28.1 Å². The normalized spacial score (nSPS) is 23.4. The molecule has 0 saturated carbocycles. The van der Waals surface area contributed by atoms with Crippen molar-refractivity contribution < 1.29 is 17.6 Å². The number of thiazole rings is 1. The SMILES string of the molecule is FC1(F)CN(c2nc(Cl)cs2)CC1(F)F. The Morgan fingerprint density at radius 1 is 1.27 bits per heavy atom. The summed E-state index contributed by atoms with van der Waals surface area (Å²) in [5.74, 6) is -8.02. The molecule has 1 aromatic rings. The highest BCUT2D eigenvalue weighted by Gasteiger charge is 2.63. The Balaban J connectivity index is 2.23. The van der Waals surface area contributed by atoms with Crippen LogP contribution in [0.1, 0.15) is 0 Å². The van der Waals surface area contributed by atoms with Crippen molar-refractivity contribution in [3.05, 3.63) is 10.5 Å². The van der Waals surface area contributed by atoms with Crippen LogP contribution in [0.4, 0.5) is 22.7 Å². The van der Waals surface area contributed by atoms with Crippen molar-refractivity contribution in [1.29, 1.82) is 0 Å². The molecule has 0 radical (unpaired) electrons. The molecule has 0 aromatic carbocycles. The molecular formula is C7H5ClF4N2S. The molecule has 1 aromatic heterocycles. The van der Waals surface area contributed by atoms with Gasteiger partial charge in [0.15, 0.2) is 5.13 Å². The molecule has 1 aliphatic rings. The summed E-state index contributed by atoms with van der Waals surface area (Å²) in [6.07, 6.45) is 0. The van der Waals surface area contributed by atoms with E-state index in [1.54, 1.807) is 0 Å². The van der Waals surface area contributed by atoms with E-state index < -0.39 is 24.9 Å². The van der Waals surface area contributed by atoms with Gasteiger partial charge in [0.05, 0.1) is 13.1 Å². The average molecular weight is 261 g/mol. The first-order valence-corrected chi connectivity index (χ1v) is 5.19. The molecule has 15 heavy (non-hydrogen) atoms. The molecule has 1 aliphatic heterocycles. The van der Waals surface area contributed by atoms with Crippen LogP contribution in [0, 0.1) is 0 Å². The Hall–Kier alpha value is -0.560. The maximum atomic E-state index is 12.8. The fourth-order valence-corrected chi connectivity index (χ4v) is 2.24. The molecule has 0 N–H and O–H groups in total. The van der Waals surface area contributed by atoms with E-state index in [1.807, 2.05) is 0 Å². The van der Waals surface area contributed by atoms with E-state index in [9.17, 15) is 17.6 Å². The van der Waals surface area contributed by atoms with Crippen molar-refractivity contribution in [2.75, 3.05) is 18.0 Å². The quantitative estimate of drug-likeness (QED) is 0.722. The minimum Gasteiger partial charge on any atom is -0.335 e. The molecule has 0 aliphatic carbocycles. The summed E-state index contributed by atoms with van der Waals surface area (Å²) in [6.45, 7) is -2.05. The van der Waals surface area contributed by atoms with Crippen LogP contribution in [0.3, 0.4) is 0 Å². The van der Waals surface area contributed by atoms with E-state index in [0.717, 1.165) is 16.2 Å². The van der Waals surface area contributed by atoms with Crippen molar-refractivity contribution in [3.63, 3.8) is 0 Å². The number of alkyl halides is 4. The zero-order chi connectivity index (χ0) is 11.3. The van der Waals surface area contributed by atoms with E-state index in [2.05, 4.69) is 4.98 Å². The Bertz CT molecular complexity index is 365. The average Bonchev–Trinajstić information content (AvgIpc) is 2.56. The second kappa shape index (κ2) is 3.21. The van der Waals surface area contributed by atoms with E-state index in [1.165, 1.54) is 5.38 Å². The number of hydrogen-bond acceptors (Lipinski definition) is 3. The summed E-state index contributed by atoms with van der Waals surface area (Å²) < 4.78 is 51.3. The van der Waals surface area contributed by atoms with Gasteiger partial charge in [-0.3, -0.25) is 0 Å². The summed E-state index contributed by atoms with van der Waals surface area (Å²) >= 11 is 6.44. The van der Waals surface area contributed by atoms with E-state index in [-0.39, 0.29) is 10.3 Å². The van der Waals surface area contributed by atoms with Gasteiger partial charge in [-0.25, -0.2) is 4.98 Å². The van der Waals surface area contributed by atoms with Crippen molar-refractivity contribution in [2.45, 2.75) is 11.8 Å². The van der Waals surface area contributed by atoms with Gasteiger partial charge in [-0.2, -0.15) is 17.6 Å². The Kier molecular flexibility index (Phi) is 2.34. The summed E-state index contributed by atoms with van der Waals surface area (Å²) in [7, 11) is 0. The standard InChI is InChI=1S/C7H5ClF4N2S/c8-4-1-15-5(13-4)14-2-6(9,10)7(11,12)3-14/h1H,2-3H2. The first-order valence-electron chi connectivity index (χ1n) is 3.93. The third kappa shape index (κ3) is 1.78. The van der Waals surface area contributed by atoms with Gasteiger partial charge in [0.2, 0.25) is 0 Å². The summed E-state index contributed by atoms with van der Waals surface area (Å²) in [5, 5.41) is 1.62. The number of halogens is 5. The lowest BCUT2D eigenvalue weighted by Crippen LogP contribution is -2.38. The Morgan fingerprint density at radius 2 is 1.80 bits per heavy atom. The fraction of sp³-hybridized carbons (Fsp3) is 0.571. The predicted octanol–water partition coefficient (Wildman–Crippen LogP) is 2.89. The first kappa shape index (κ1) is 10.9. The highest BCUT2D eigenvalue weighted by Crippen LogP contribution is 2.43. The monoisotopic (exact) mass is 260 g/mol. The fourth-order valence-electron chi connectivity index (χ4n) is 1.29. The van der Waals surface area contributed by atoms with Crippen LogP contribution in [-0.2, 0) is 0 Å². The van der Waals surface area contributed by atoms with Crippen LogP contribution in [0.25, 0.3) is 0 Å². The van der Waals surface area contributed by atoms with Crippen molar-refractivity contribution in [2.24, 2.45) is 0 Å². The van der Waals surface area contributed by atoms with Gasteiger partial charge in [0, 0.05) is 5.38 Å². The third-order valence-electron chi connectivity index (χ3n) is 2.05. The molecule has 2 rings (SSSR count). The molecule has 0 atom stereocenters. The molecular weight excluding hydrogens is 256 g/mol. The molecule has 0 spiro atoms. The second-order valence-electron chi connectivity index (χ2n) is 3.22. The van der Waals surface area contributed by atoms with Gasteiger partial charge in [-0.15, -0.1) is 11.3 Å². The maximum absolute atomic E-state index is 12.8.